The first-order valence-corrected chi connectivity index (χ1v) is 8.83. The minimum atomic E-state index is -3.42. The van der Waals surface area contributed by atoms with Crippen molar-refractivity contribution in [2.45, 2.75) is 57.6 Å². The first-order valence-electron chi connectivity index (χ1n) is 7.01. The quantitative estimate of drug-likeness (QED) is 0.822. The SMILES string of the molecule is CC(C)c1nocc1CS(=O)(=O)Cc1nnn(C(C)(C)C)n1. The lowest BCUT2D eigenvalue weighted by Gasteiger charge is -2.15. The van der Waals surface area contributed by atoms with Crippen molar-refractivity contribution in [1.82, 2.24) is 25.4 Å². The third kappa shape index (κ3) is 3.90. The molecule has 0 aliphatic heterocycles. The molecule has 0 spiro atoms. The molecule has 8 nitrogen and oxygen atoms in total. The van der Waals surface area contributed by atoms with Crippen LogP contribution in [0.25, 0.3) is 0 Å². The normalized spacial score (nSPS) is 13.0. The number of hydrogen-bond acceptors (Lipinski definition) is 7. The van der Waals surface area contributed by atoms with Crippen LogP contribution in [0, 0.1) is 0 Å². The zero-order chi connectivity index (χ0) is 16.5. The van der Waals surface area contributed by atoms with Gasteiger partial charge in [0.25, 0.3) is 0 Å². The van der Waals surface area contributed by atoms with Crippen molar-refractivity contribution in [3.63, 3.8) is 0 Å². The summed E-state index contributed by atoms with van der Waals surface area (Å²) in [6, 6.07) is 0. The molecule has 122 valence electrons. The predicted octanol–water partition coefficient (Wildman–Crippen LogP) is 1.65. The molecule has 0 unspecified atom stereocenters. The van der Waals surface area contributed by atoms with E-state index in [-0.39, 0.29) is 28.8 Å². The first-order chi connectivity index (χ1) is 10.1. The van der Waals surface area contributed by atoms with E-state index in [0.29, 0.717) is 11.3 Å². The standard InChI is InChI=1S/C13H21N5O3S/c1-9(2)12-10(6-21-16-12)7-22(19,20)8-11-14-17-18(15-11)13(3,4)5/h6,9H,7-8H2,1-5H3. The highest BCUT2D eigenvalue weighted by atomic mass is 32.2. The van der Waals surface area contributed by atoms with E-state index >= 15 is 0 Å². The molecule has 0 saturated carbocycles. The molecule has 0 amide bonds. The van der Waals surface area contributed by atoms with E-state index in [4.69, 9.17) is 4.52 Å². The van der Waals surface area contributed by atoms with Crippen molar-refractivity contribution in [1.29, 1.82) is 0 Å². The van der Waals surface area contributed by atoms with E-state index in [1.54, 1.807) is 0 Å². The topological polar surface area (TPSA) is 104 Å². The van der Waals surface area contributed by atoms with Gasteiger partial charge in [-0.2, -0.15) is 4.80 Å². The van der Waals surface area contributed by atoms with Crippen LogP contribution in [-0.4, -0.2) is 33.8 Å². The van der Waals surface area contributed by atoms with E-state index in [0.717, 1.165) is 0 Å². The summed E-state index contributed by atoms with van der Waals surface area (Å²) in [6.07, 6.45) is 1.38. The zero-order valence-corrected chi connectivity index (χ0v) is 14.3. The van der Waals surface area contributed by atoms with Crippen molar-refractivity contribution in [3.05, 3.63) is 23.3 Å². The van der Waals surface area contributed by atoms with Gasteiger partial charge < -0.3 is 4.52 Å². The fraction of sp³-hybridized carbons (Fsp3) is 0.692. The molecule has 0 bridgehead atoms. The average molecular weight is 327 g/mol. The van der Waals surface area contributed by atoms with Crippen molar-refractivity contribution in [2.75, 3.05) is 0 Å². The van der Waals surface area contributed by atoms with Gasteiger partial charge in [0, 0.05) is 5.56 Å². The molecule has 0 aliphatic carbocycles. The van der Waals surface area contributed by atoms with Crippen molar-refractivity contribution in [2.24, 2.45) is 0 Å². The second kappa shape index (κ2) is 5.79. The van der Waals surface area contributed by atoms with Gasteiger partial charge in [-0.05, 0) is 31.9 Å². The van der Waals surface area contributed by atoms with Gasteiger partial charge in [0.1, 0.15) is 12.0 Å². The van der Waals surface area contributed by atoms with Crippen LogP contribution in [0.2, 0.25) is 0 Å². The van der Waals surface area contributed by atoms with Crippen LogP contribution in [0.5, 0.6) is 0 Å². The molecule has 22 heavy (non-hydrogen) atoms. The van der Waals surface area contributed by atoms with Gasteiger partial charge in [-0.1, -0.05) is 19.0 Å². The predicted molar refractivity (Wildman–Crippen MR) is 79.7 cm³/mol. The number of hydrogen-bond donors (Lipinski definition) is 0. The van der Waals surface area contributed by atoms with Gasteiger partial charge in [-0.3, -0.25) is 0 Å². The summed E-state index contributed by atoms with van der Waals surface area (Å²) in [6.45, 7) is 9.62. The summed E-state index contributed by atoms with van der Waals surface area (Å²) >= 11 is 0. The van der Waals surface area contributed by atoms with Crippen LogP contribution in [0.3, 0.4) is 0 Å². The Morgan fingerprint density at radius 2 is 1.95 bits per heavy atom. The molecule has 0 fully saturated rings. The van der Waals surface area contributed by atoms with Crippen LogP contribution in [-0.2, 0) is 26.9 Å². The molecule has 2 aromatic heterocycles. The smallest absolute Gasteiger partial charge is 0.189 e. The Hall–Kier alpha value is -1.77. The molecule has 0 radical (unpaired) electrons. The van der Waals surface area contributed by atoms with Crippen LogP contribution in [0.15, 0.2) is 10.8 Å². The monoisotopic (exact) mass is 327 g/mol. The number of tetrazole rings is 1. The average Bonchev–Trinajstić information content (AvgIpc) is 2.95. The minimum Gasteiger partial charge on any atom is -0.364 e. The highest BCUT2D eigenvalue weighted by Gasteiger charge is 2.23. The number of nitrogens with zero attached hydrogens (tertiary/aromatic N) is 5. The third-order valence-corrected chi connectivity index (χ3v) is 4.45. The molecule has 0 aliphatic rings. The van der Waals surface area contributed by atoms with E-state index in [2.05, 4.69) is 20.6 Å². The van der Waals surface area contributed by atoms with E-state index in [1.165, 1.54) is 11.1 Å². The maximum absolute atomic E-state index is 12.3. The fourth-order valence-electron chi connectivity index (χ4n) is 1.92. The fourth-order valence-corrected chi connectivity index (χ4v) is 3.22. The summed E-state index contributed by atoms with van der Waals surface area (Å²) in [5.74, 6) is -0.110. The third-order valence-electron chi connectivity index (χ3n) is 3.00. The maximum Gasteiger partial charge on any atom is 0.189 e. The summed E-state index contributed by atoms with van der Waals surface area (Å²) in [5, 5.41) is 15.7. The minimum absolute atomic E-state index is 0.101. The largest absolute Gasteiger partial charge is 0.364 e. The van der Waals surface area contributed by atoms with Gasteiger partial charge in [0.05, 0.1) is 17.0 Å². The van der Waals surface area contributed by atoms with Crippen molar-refractivity contribution in [3.8, 4) is 0 Å². The number of rotatable bonds is 5. The van der Waals surface area contributed by atoms with Crippen molar-refractivity contribution < 1.29 is 12.9 Å². The number of aromatic nitrogens is 5. The molecule has 9 heteroatoms. The van der Waals surface area contributed by atoms with Crippen LogP contribution >= 0.6 is 0 Å². The molecule has 0 N–H and O–H groups in total. The lowest BCUT2D eigenvalue weighted by atomic mass is 10.1. The summed E-state index contributed by atoms with van der Waals surface area (Å²) in [4.78, 5) is 1.41. The molecular formula is C13H21N5O3S. The molecule has 0 atom stereocenters. The lowest BCUT2D eigenvalue weighted by molar-refractivity contribution is 0.305. The van der Waals surface area contributed by atoms with Gasteiger partial charge in [0.15, 0.2) is 15.7 Å². The second-order valence-electron chi connectivity index (χ2n) is 6.58. The Labute approximate surface area is 129 Å². The zero-order valence-electron chi connectivity index (χ0n) is 13.4. The highest BCUT2D eigenvalue weighted by Crippen LogP contribution is 2.21. The molecular weight excluding hydrogens is 306 g/mol. The van der Waals surface area contributed by atoms with Gasteiger partial charge in [0.2, 0.25) is 0 Å². The summed E-state index contributed by atoms with van der Waals surface area (Å²) < 4.78 is 29.5. The van der Waals surface area contributed by atoms with Gasteiger partial charge >= 0.3 is 0 Å². The second-order valence-corrected chi connectivity index (χ2v) is 8.64. The van der Waals surface area contributed by atoms with Crippen LogP contribution < -0.4 is 0 Å². The summed E-state index contributed by atoms with van der Waals surface area (Å²) in [7, 11) is -3.42. The van der Waals surface area contributed by atoms with Gasteiger partial charge in [-0.15, -0.1) is 10.2 Å². The number of sulfone groups is 1. The van der Waals surface area contributed by atoms with Gasteiger partial charge in [-0.25, -0.2) is 8.42 Å². The first kappa shape index (κ1) is 16.6. The molecule has 0 saturated heterocycles. The lowest BCUT2D eigenvalue weighted by Crippen LogP contribution is -2.24. The van der Waals surface area contributed by atoms with E-state index in [1.807, 2.05) is 34.6 Å². The molecule has 2 aromatic rings. The maximum atomic E-state index is 12.3. The molecule has 2 heterocycles. The Bertz CT molecular complexity index is 740. The Balaban J connectivity index is 2.15. The summed E-state index contributed by atoms with van der Waals surface area (Å²) in [5.41, 5.74) is 0.905. The van der Waals surface area contributed by atoms with Crippen molar-refractivity contribution >= 4 is 9.84 Å². The van der Waals surface area contributed by atoms with Crippen LogP contribution in [0.4, 0.5) is 0 Å². The van der Waals surface area contributed by atoms with E-state index < -0.39 is 9.84 Å². The van der Waals surface area contributed by atoms with Crippen LogP contribution in [0.1, 0.15) is 57.6 Å². The molecule has 0 aromatic carbocycles. The Morgan fingerprint density at radius 1 is 1.27 bits per heavy atom. The Kier molecular flexibility index (Phi) is 4.37. The van der Waals surface area contributed by atoms with E-state index in [9.17, 15) is 8.42 Å². The molecule has 2 rings (SSSR count). The highest BCUT2D eigenvalue weighted by molar-refractivity contribution is 7.89. The Morgan fingerprint density at radius 3 is 2.50 bits per heavy atom.